The first-order valence-electron chi connectivity index (χ1n) is 8.40. The van der Waals surface area contributed by atoms with E-state index in [0.717, 1.165) is 11.1 Å². The molecule has 2 aromatic rings. The zero-order chi connectivity index (χ0) is 20.4. The van der Waals surface area contributed by atoms with Gasteiger partial charge in [-0.05, 0) is 24.6 Å². The number of hydrogen-bond donors (Lipinski definition) is 5. The van der Waals surface area contributed by atoms with Crippen LogP contribution in [-0.4, -0.2) is 30.3 Å². The average Bonchev–Trinajstić information content (AvgIpc) is 3.21. The fourth-order valence-electron chi connectivity index (χ4n) is 2.00. The summed E-state index contributed by atoms with van der Waals surface area (Å²) in [5, 5.41) is 7.25. The lowest BCUT2D eigenvalue weighted by atomic mass is 10.1. The topological polar surface area (TPSA) is 142 Å². The van der Waals surface area contributed by atoms with Crippen molar-refractivity contribution in [1.82, 2.24) is 26.8 Å². The lowest BCUT2D eigenvalue weighted by Gasteiger charge is -2.09. The first-order valence-corrected chi connectivity index (χ1v) is 8.40. The summed E-state index contributed by atoms with van der Waals surface area (Å²) in [4.78, 5) is 46.4. The third-order valence-corrected chi connectivity index (χ3v) is 3.51. The number of hydrogen-bond acceptors (Lipinski definition) is 5. The Morgan fingerprint density at radius 1 is 0.857 bits per heavy atom. The first kappa shape index (κ1) is 20.5. The van der Waals surface area contributed by atoms with Crippen molar-refractivity contribution in [2.75, 3.05) is 6.54 Å². The van der Waals surface area contributed by atoms with Gasteiger partial charge in [-0.3, -0.25) is 25.2 Å². The van der Waals surface area contributed by atoms with E-state index < -0.39 is 23.8 Å². The second-order valence-corrected chi connectivity index (χ2v) is 5.79. The van der Waals surface area contributed by atoms with Gasteiger partial charge in [-0.2, -0.15) is 0 Å². The molecule has 2 rings (SSSR count). The SMILES string of the molecule is Cc1ccc(CNC(=O)NCC(=O)NNC(=O)C(=O)NCc2ccco2)cc1. The molecule has 5 N–H and O–H groups in total. The van der Waals surface area contributed by atoms with Crippen LogP contribution in [0.15, 0.2) is 47.1 Å². The van der Waals surface area contributed by atoms with Crippen molar-refractivity contribution in [2.45, 2.75) is 20.0 Å². The van der Waals surface area contributed by atoms with Crippen LogP contribution < -0.4 is 26.8 Å². The maximum Gasteiger partial charge on any atom is 0.327 e. The lowest BCUT2D eigenvalue weighted by Crippen LogP contribution is -2.51. The molecule has 5 amide bonds. The van der Waals surface area contributed by atoms with Gasteiger partial charge in [0.2, 0.25) is 0 Å². The minimum atomic E-state index is -1.05. The van der Waals surface area contributed by atoms with Crippen molar-refractivity contribution in [3.8, 4) is 0 Å². The van der Waals surface area contributed by atoms with Gasteiger partial charge in [0.15, 0.2) is 0 Å². The van der Waals surface area contributed by atoms with Gasteiger partial charge in [0.25, 0.3) is 5.91 Å². The van der Waals surface area contributed by atoms with E-state index in [1.165, 1.54) is 6.26 Å². The fourth-order valence-corrected chi connectivity index (χ4v) is 2.00. The number of carbonyl (C=O) groups excluding carboxylic acids is 4. The van der Waals surface area contributed by atoms with Crippen LogP contribution >= 0.6 is 0 Å². The van der Waals surface area contributed by atoms with Crippen LogP contribution in [0.1, 0.15) is 16.9 Å². The van der Waals surface area contributed by atoms with Crippen molar-refractivity contribution in [3.63, 3.8) is 0 Å². The predicted molar refractivity (Wildman–Crippen MR) is 98.3 cm³/mol. The Morgan fingerprint density at radius 2 is 1.61 bits per heavy atom. The Labute approximate surface area is 161 Å². The third-order valence-electron chi connectivity index (χ3n) is 3.51. The molecule has 0 aliphatic heterocycles. The highest BCUT2D eigenvalue weighted by molar-refractivity contribution is 6.35. The highest BCUT2D eigenvalue weighted by Crippen LogP contribution is 2.02. The van der Waals surface area contributed by atoms with Crippen molar-refractivity contribution in [2.24, 2.45) is 0 Å². The lowest BCUT2D eigenvalue weighted by molar-refractivity contribution is -0.140. The summed E-state index contributed by atoms with van der Waals surface area (Å²) in [7, 11) is 0. The van der Waals surface area contributed by atoms with Gasteiger partial charge < -0.3 is 20.4 Å². The molecule has 28 heavy (non-hydrogen) atoms. The van der Waals surface area contributed by atoms with Crippen molar-refractivity contribution in [3.05, 3.63) is 59.5 Å². The molecule has 0 bridgehead atoms. The molecule has 0 spiro atoms. The average molecular weight is 387 g/mol. The molecule has 148 valence electrons. The summed E-state index contributed by atoms with van der Waals surface area (Å²) < 4.78 is 5.01. The second-order valence-electron chi connectivity index (χ2n) is 5.79. The summed E-state index contributed by atoms with van der Waals surface area (Å²) in [6, 6.07) is 10.4. The normalized spacial score (nSPS) is 9.89. The van der Waals surface area contributed by atoms with Crippen LogP contribution in [0.5, 0.6) is 0 Å². The van der Waals surface area contributed by atoms with Gasteiger partial charge >= 0.3 is 17.8 Å². The quantitative estimate of drug-likeness (QED) is 0.346. The van der Waals surface area contributed by atoms with E-state index in [-0.39, 0.29) is 13.1 Å². The second kappa shape index (κ2) is 10.4. The number of furan rings is 1. The van der Waals surface area contributed by atoms with E-state index in [1.807, 2.05) is 42.0 Å². The first-order chi connectivity index (χ1) is 13.4. The zero-order valence-corrected chi connectivity index (χ0v) is 15.2. The number of carbonyl (C=O) groups is 4. The maximum absolute atomic E-state index is 11.7. The van der Waals surface area contributed by atoms with E-state index >= 15 is 0 Å². The molecule has 10 nitrogen and oxygen atoms in total. The molecule has 10 heteroatoms. The maximum atomic E-state index is 11.7. The minimum Gasteiger partial charge on any atom is -0.467 e. The Bertz CT molecular complexity index is 817. The molecule has 0 aliphatic carbocycles. The zero-order valence-electron chi connectivity index (χ0n) is 15.2. The monoisotopic (exact) mass is 387 g/mol. The van der Waals surface area contributed by atoms with Crippen LogP contribution in [-0.2, 0) is 27.5 Å². The van der Waals surface area contributed by atoms with Crippen LogP contribution in [0.2, 0.25) is 0 Å². The summed E-state index contributed by atoms with van der Waals surface area (Å²) >= 11 is 0. The van der Waals surface area contributed by atoms with Gasteiger partial charge in [-0.15, -0.1) is 0 Å². The van der Waals surface area contributed by atoms with E-state index in [1.54, 1.807) is 12.1 Å². The Hall–Kier alpha value is -3.82. The highest BCUT2D eigenvalue weighted by atomic mass is 16.3. The van der Waals surface area contributed by atoms with E-state index in [9.17, 15) is 19.2 Å². The molecular weight excluding hydrogens is 366 g/mol. The predicted octanol–water partition coefficient (Wildman–Crippen LogP) is -0.149. The molecule has 0 saturated carbocycles. The number of hydrazine groups is 1. The van der Waals surface area contributed by atoms with Crippen LogP contribution in [0, 0.1) is 6.92 Å². The summed E-state index contributed by atoms with van der Waals surface area (Å²) in [6.07, 6.45) is 1.44. The van der Waals surface area contributed by atoms with E-state index in [2.05, 4.69) is 16.0 Å². The molecule has 1 aromatic heterocycles. The highest BCUT2D eigenvalue weighted by Gasteiger charge is 2.14. The molecule has 0 radical (unpaired) electrons. The van der Waals surface area contributed by atoms with Crippen molar-refractivity contribution in [1.29, 1.82) is 0 Å². The smallest absolute Gasteiger partial charge is 0.327 e. The Balaban J connectivity index is 1.59. The molecule has 1 aromatic carbocycles. The van der Waals surface area contributed by atoms with Gasteiger partial charge in [-0.25, -0.2) is 4.79 Å². The van der Waals surface area contributed by atoms with E-state index in [0.29, 0.717) is 12.3 Å². The summed E-state index contributed by atoms with van der Waals surface area (Å²) in [5.41, 5.74) is 6.00. The van der Waals surface area contributed by atoms with Crippen molar-refractivity contribution < 1.29 is 23.6 Å². The number of amides is 5. The third kappa shape index (κ3) is 7.20. The standard InChI is InChI=1S/C18H21N5O5/c1-12-4-6-13(7-5-12)9-20-18(27)21-11-15(24)22-23-17(26)16(25)19-10-14-3-2-8-28-14/h2-8H,9-11H2,1H3,(H,19,25)(H,22,24)(H,23,26)(H2,20,21,27). The molecule has 0 saturated heterocycles. The van der Waals surface area contributed by atoms with Gasteiger partial charge in [0, 0.05) is 6.54 Å². The van der Waals surface area contributed by atoms with Crippen molar-refractivity contribution >= 4 is 23.8 Å². The Morgan fingerprint density at radius 3 is 2.29 bits per heavy atom. The molecule has 0 atom stereocenters. The number of aryl methyl sites for hydroxylation is 1. The number of rotatable bonds is 6. The van der Waals surface area contributed by atoms with Gasteiger partial charge in [0.05, 0.1) is 12.8 Å². The van der Waals surface area contributed by atoms with Crippen LogP contribution in [0.3, 0.4) is 0 Å². The van der Waals surface area contributed by atoms with Crippen LogP contribution in [0.25, 0.3) is 0 Å². The van der Waals surface area contributed by atoms with Crippen LogP contribution in [0.4, 0.5) is 4.79 Å². The number of urea groups is 1. The van der Waals surface area contributed by atoms with Gasteiger partial charge in [0.1, 0.15) is 12.3 Å². The summed E-state index contributed by atoms with van der Waals surface area (Å²) in [5.74, 6) is -2.21. The summed E-state index contributed by atoms with van der Waals surface area (Å²) in [6.45, 7) is 1.92. The Kier molecular flexibility index (Phi) is 7.58. The molecular formula is C18H21N5O5. The number of benzene rings is 1. The molecule has 0 aliphatic rings. The molecule has 1 heterocycles. The fraction of sp³-hybridized carbons (Fsp3) is 0.222. The van der Waals surface area contributed by atoms with E-state index in [4.69, 9.17) is 4.42 Å². The minimum absolute atomic E-state index is 0.0376. The molecule has 0 fully saturated rings. The largest absolute Gasteiger partial charge is 0.467 e. The number of nitrogens with one attached hydrogen (secondary N) is 5. The van der Waals surface area contributed by atoms with Gasteiger partial charge in [-0.1, -0.05) is 29.8 Å². The molecule has 0 unspecified atom stereocenters.